The normalized spacial score (nSPS) is 11.1. The maximum Gasteiger partial charge on any atom is -0.0235 e. The van der Waals surface area contributed by atoms with Gasteiger partial charge in [0, 0.05) is 0 Å². The van der Waals surface area contributed by atoms with Crippen LogP contribution < -0.4 is 5.90 Å². The Morgan fingerprint density at radius 3 is 1.55 bits per heavy atom. The van der Waals surface area contributed by atoms with Gasteiger partial charge in [-0.25, -0.2) is 5.90 Å². The van der Waals surface area contributed by atoms with Gasteiger partial charge in [0.05, 0.1) is 0 Å². The molecule has 2 nitrogen and oxygen atoms in total. The molecule has 1 aromatic carbocycles. The molecule has 1 aliphatic carbocycles. The number of benzene rings is 1. The third-order valence-electron chi connectivity index (χ3n) is 1.78. The van der Waals surface area contributed by atoms with Crippen LogP contribution in [0.2, 0.25) is 0 Å². The summed E-state index contributed by atoms with van der Waals surface area (Å²) in [5.74, 6) is 3.50. The number of aryl methyl sites for hydroxylation is 2. The maximum absolute atomic E-state index is 6.50. The van der Waals surface area contributed by atoms with Crippen molar-refractivity contribution in [2.24, 2.45) is 5.90 Å². The van der Waals surface area contributed by atoms with Crippen molar-refractivity contribution in [3.8, 4) is 0 Å². The van der Waals surface area contributed by atoms with Crippen LogP contribution in [0, 0.1) is 0 Å². The molecule has 0 aromatic heterocycles. The fraction of sp³-hybridized carbons (Fsp3) is 0.250. The van der Waals surface area contributed by atoms with E-state index in [1.165, 1.54) is 12.8 Å². The molecule has 0 spiro atoms. The highest BCUT2D eigenvalue weighted by Gasteiger charge is 2.09. The number of halogens is 1. The van der Waals surface area contributed by atoms with Crippen molar-refractivity contribution >= 4 is 12.4 Å². The molecule has 1 aliphatic rings. The second-order valence-electron chi connectivity index (χ2n) is 2.27. The van der Waals surface area contributed by atoms with E-state index >= 15 is 0 Å². The summed E-state index contributed by atoms with van der Waals surface area (Å²) in [5.41, 5.74) is 3.10. The molecule has 1 aromatic rings. The van der Waals surface area contributed by atoms with Gasteiger partial charge < -0.3 is 5.21 Å². The molecule has 62 valence electrons. The van der Waals surface area contributed by atoms with Crippen molar-refractivity contribution in [1.82, 2.24) is 0 Å². The van der Waals surface area contributed by atoms with E-state index in [2.05, 4.69) is 30.2 Å². The Morgan fingerprint density at radius 2 is 1.36 bits per heavy atom. The molecule has 0 fully saturated rings. The predicted molar refractivity (Wildman–Crippen MR) is 47.1 cm³/mol. The first-order chi connectivity index (χ1) is 4.97. The second kappa shape index (κ2) is 5.13. The summed E-state index contributed by atoms with van der Waals surface area (Å²) in [4.78, 5) is 0. The van der Waals surface area contributed by atoms with Gasteiger partial charge in [-0.15, -0.1) is 12.4 Å². The van der Waals surface area contributed by atoms with E-state index in [1.54, 1.807) is 11.1 Å². The van der Waals surface area contributed by atoms with Crippen LogP contribution in [-0.4, -0.2) is 5.21 Å². The lowest BCUT2D eigenvalue weighted by Crippen LogP contribution is -2.06. The summed E-state index contributed by atoms with van der Waals surface area (Å²) in [5, 5.41) is 6.50. The van der Waals surface area contributed by atoms with Crippen LogP contribution in [0.25, 0.3) is 0 Å². The lowest BCUT2D eigenvalue weighted by Gasteiger charge is -2.16. The van der Waals surface area contributed by atoms with Gasteiger partial charge in [-0.1, -0.05) is 24.3 Å². The van der Waals surface area contributed by atoms with E-state index < -0.39 is 0 Å². The monoisotopic (exact) mass is 173 g/mol. The van der Waals surface area contributed by atoms with Crippen LogP contribution in [0.15, 0.2) is 24.3 Å². The zero-order chi connectivity index (χ0) is 7.40. The summed E-state index contributed by atoms with van der Waals surface area (Å²) in [6, 6.07) is 8.63. The minimum atomic E-state index is 0. The first-order valence-corrected chi connectivity index (χ1v) is 3.29. The zero-order valence-corrected chi connectivity index (χ0v) is 6.97. The zero-order valence-electron chi connectivity index (χ0n) is 6.16. The van der Waals surface area contributed by atoms with Crippen molar-refractivity contribution in [2.45, 2.75) is 12.8 Å². The van der Waals surface area contributed by atoms with E-state index in [0.29, 0.717) is 0 Å². The van der Waals surface area contributed by atoms with Gasteiger partial charge in [-0.3, -0.25) is 0 Å². The lowest BCUT2D eigenvalue weighted by molar-refractivity contribution is 0.311. The van der Waals surface area contributed by atoms with Crippen molar-refractivity contribution in [3.63, 3.8) is 0 Å². The molecule has 0 atom stereocenters. The Morgan fingerprint density at radius 1 is 1.00 bits per heavy atom. The van der Waals surface area contributed by atoms with Crippen LogP contribution in [-0.2, 0) is 12.8 Å². The van der Waals surface area contributed by atoms with Crippen LogP contribution in [0.4, 0.5) is 0 Å². The average molecular weight is 174 g/mol. The first-order valence-electron chi connectivity index (χ1n) is 3.29. The largest absolute Gasteiger partial charge is 0.320 e. The number of rotatable bonds is 0. The fourth-order valence-corrected chi connectivity index (χ4v) is 1.14. The summed E-state index contributed by atoms with van der Waals surface area (Å²) >= 11 is 0. The Labute approximate surface area is 72.4 Å². The molecule has 0 radical (unpaired) electrons. The predicted octanol–water partition coefficient (Wildman–Crippen LogP) is 1.54. The number of hydrogen-bond donors (Lipinski definition) is 2. The van der Waals surface area contributed by atoms with Gasteiger partial charge in [-0.2, -0.15) is 0 Å². The summed E-state index contributed by atoms with van der Waals surface area (Å²) in [6.45, 7) is 0. The number of nitrogens with two attached hydrogens (primary N) is 1. The van der Waals surface area contributed by atoms with E-state index in [4.69, 9.17) is 5.21 Å². The van der Waals surface area contributed by atoms with Crippen molar-refractivity contribution < 1.29 is 5.21 Å². The van der Waals surface area contributed by atoms with Gasteiger partial charge in [0.25, 0.3) is 0 Å². The molecule has 0 bridgehead atoms. The van der Waals surface area contributed by atoms with Gasteiger partial charge in [0.2, 0.25) is 0 Å². The van der Waals surface area contributed by atoms with E-state index in [1.807, 2.05) is 0 Å². The SMILES string of the molecule is Cl.NO.c1ccc2c(c1)CC2. The standard InChI is InChI=1S/C8H8.ClH.H3NO/c1-2-4-8-6-5-7(8)3-1;;1-2/h1-4H,5-6H2;1H;2H,1H2. The Hall–Kier alpha value is -0.570. The molecule has 3 heteroatoms. The fourth-order valence-electron chi connectivity index (χ4n) is 1.14. The van der Waals surface area contributed by atoms with E-state index in [9.17, 15) is 0 Å². The summed E-state index contributed by atoms with van der Waals surface area (Å²) in [7, 11) is 0. The Balaban J connectivity index is 0.000000311. The minimum absolute atomic E-state index is 0. The summed E-state index contributed by atoms with van der Waals surface area (Å²) in [6.07, 6.45) is 2.60. The molecular weight excluding hydrogens is 162 g/mol. The minimum Gasteiger partial charge on any atom is -0.320 e. The molecular formula is C8H12ClNO. The number of hydrogen-bond acceptors (Lipinski definition) is 2. The molecule has 0 amide bonds. The maximum atomic E-state index is 6.50. The molecule has 3 N–H and O–H groups in total. The molecule has 0 heterocycles. The van der Waals surface area contributed by atoms with E-state index in [0.717, 1.165) is 0 Å². The first kappa shape index (κ1) is 10.4. The Bertz CT molecular complexity index is 192. The third-order valence-corrected chi connectivity index (χ3v) is 1.78. The molecule has 0 aliphatic heterocycles. The quantitative estimate of drug-likeness (QED) is 0.585. The molecule has 0 unspecified atom stereocenters. The van der Waals surface area contributed by atoms with Crippen LogP contribution in [0.1, 0.15) is 11.1 Å². The number of fused-ring (bicyclic) bond motifs is 1. The second-order valence-corrected chi connectivity index (χ2v) is 2.27. The van der Waals surface area contributed by atoms with Gasteiger partial charge in [0.1, 0.15) is 0 Å². The smallest absolute Gasteiger partial charge is 0.0235 e. The van der Waals surface area contributed by atoms with Crippen LogP contribution >= 0.6 is 12.4 Å². The molecule has 2 rings (SSSR count). The third kappa shape index (κ3) is 2.19. The van der Waals surface area contributed by atoms with Gasteiger partial charge >= 0.3 is 0 Å². The molecule has 0 saturated heterocycles. The lowest BCUT2D eigenvalue weighted by atomic mass is 9.89. The van der Waals surface area contributed by atoms with Crippen molar-refractivity contribution in [1.29, 1.82) is 0 Å². The van der Waals surface area contributed by atoms with Gasteiger partial charge in [-0.05, 0) is 24.0 Å². The van der Waals surface area contributed by atoms with Crippen LogP contribution in [0.5, 0.6) is 0 Å². The topological polar surface area (TPSA) is 46.2 Å². The highest BCUT2D eigenvalue weighted by atomic mass is 35.5. The highest BCUT2D eigenvalue weighted by Crippen LogP contribution is 2.20. The van der Waals surface area contributed by atoms with Crippen LogP contribution in [0.3, 0.4) is 0 Å². The van der Waals surface area contributed by atoms with E-state index in [-0.39, 0.29) is 12.4 Å². The van der Waals surface area contributed by atoms with Gasteiger partial charge in [0.15, 0.2) is 0 Å². The molecule has 11 heavy (non-hydrogen) atoms. The Kier molecular flexibility index (Phi) is 4.86. The molecule has 0 saturated carbocycles. The highest BCUT2D eigenvalue weighted by molar-refractivity contribution is 5.85. The van der Waals surface area contributed by atoms with Crippen molar-refractivity contribution in [2.75, 3.05) is 0 Å². The summed E-state index contributed by atoms with van der Waals surface area (Å²) < 4.78 is 0. The average Bonchev–Trinajstić information content (AvgIpc) is 1.96. The van der Waals surface area contributed by atoms with Crippen molar-refractivity contribution in [3.05, 3.63) is 35.4 Å².